The highest BCUT2D eigenvalue weighted by molar-refractivity contribution is 8.00. The van der Waals surface area contributed by atoms with Gasteiger partial charge >= 0.3 is 0 Å². The molecule has 0 aliphatic heterocycles. The summed E-state index contributed by atoms with van der Waals surface area (Å²) in [7, 11) is 1.63. The lowest BCUT2D eigenvalue weighted by Gasteiger charge is -2.06. The van der Waals surface area contributed by atoms with Gasteiger partial charge < -0.3 is 15.8 Å². The lowest BCUT2D eigenvalue weighted by atomic mass is 10.3. The van der Waals surface area contributed by atoms with Crippen molar-refractivity contribution >= 4 is 29.0 Å². The minimum Gasteiger partial charge on any atom is -0.497 e. The first-order valence-corrected chi connectivity index (χ1v) is 7.08. The first-order chi connectivity index (χ1) is 9.67. The summed E-state index contributed by atoms with van der Waals surface area (Å²) in [5, 5.41) is 2.81. The van der Waals surface area contributed by atoms with Gasteiger partial charge in [-0.25, -0.2) is 0 Å². The third kappa shape index (κ3) is 4.20. The van der Waals surface area contributed by atoms with Gasteiger partial charge in [-0.3, -0.25) is 4.79 Å². The predicted molar refractivity (Wildman–Crippen MR) is 83.2 cm³/mol. The number of amides is 1. The number of benzene rings is 2. The van der Waals surface area contributed by atoms with Crippen LogP contribution in [-0.2, 0) is 4.79 Å². The van der Waals surface area contributed by atoms with Crippen LogP contribution >= 0.6 is 11.8 Å². The fourth-order valence-corrected chi connectivity index (χ4v) is 2.33. The second-order valence-electron chi connectivity index (χ2n) is 4.14. The van der Waals surface area contributed by atoms with Gasteiger partial charge in [-0.2, -0.15) is 0 Å². The average Bonchev–Trinajstić information content (AvgIpc) is 2.46. The van der Waals surface area contributed by atoms with Crippen LogP contribution in [0.3, 0.4) is 0 Å². The Bertz CT molecular complexity index is 585. The van der Waals surface area contributed by atoms with E-state index in [4.69, 9.17) is 10.5 Å². The average molecular weight is 288 g/mol. The van der Waals surface area contributed by atoms with Gasteiger partial charge in [0.05, 0.1) is 12.9 Å². The summed E-state index contributed by atoms with van der Waals surface area (Å²) in [5.41, 5.74) is 7.00. The summed E-state index contributed by atoms with van der Waals surface area (Å²) in [5.74, 6) is 1.09. The largest absolute Gasteiger partial charge is 0.497 e. The maximum Gasteiger partial charge on any atom is 0.234 e. The van der Waals surface area contributed by atoms with Gasteiger partial charge in [0.1, 0.15) is 5.75 Å². The molecule has 0 atom stereocenters. The summed E-state index contributed by atoms with van der Waals surface area (Å²) in [6.07, 6.45) is 0. The van der Waals surface area contributed by atoms with Gasteiger partial charge in [0.25, 0.3) is 0 Å². The number of hydrogen-bond donors (Lipinski definition) is 2. The first kappa shape index (κ1) is 14.3. The highest BCUT2D eigenvalue weighted by Gasteiger charge is 2.04. The summed E-state index contributed by atoms with van der Waals surface area (Å²) >= 11 is 1.47. The van der Waals surface area contributed by atoms with E-state index in [1.807, 2.05) is 36.4 Å². The summed E-state index contributed by atoms with van der Waals surface area (Å²) < 4.78 is 5.08. The zero-order valence-electron chi connectivity index (χ0n) is 11.1. The fourth-order valence-electron chi connectivity index (χ4n) is 1.63. The Morgan fingerprint density at radius 3 is 2.65 bits per heavy atom. The number of rotatable bonds is 5. The maximum absolute atomic E-state index is 11.8. The van der Waals surface area contributed by atoms with Crippen molar-refractivity contribution in [2.45, 2.75) is 4.90 Å². The highest BCUT2D eigenvalue weighted by atomic mass is 32.2. The molecule has 0 saturated heterocycles. The first-order valence-electron chi connectivity index (χ1n) is 6.09. The molecule has 4 nitrogen and oxygen atoms in total. The molecule has 104 valence electrons. The molecule has 1 amide bonds. The van der Waals surface area contributed by atoms with E-state index < -0.39 is 0 Å². The van der Waals surface area contributed by atoms with E-state index in [0.717, 1.165) is 10.6 Å². The minimum absolute atomic E-state index is 0.0589. The number of anilines is 2. The quantitative estimate of drug-likeness (QED) is 0.655. The van der Waals surface area contributed by atoms with Crippen LogP contribution in [-0.4, -0.2) is 18.8 Å². The van der Waals surface area contributed by atoms with Crippen LogP contribution in [0.2, 0.25) is 0 Å². The zero-order chi connectivity index (χ0) is 14.4. The Morgan fingerprint density at radius 1 is 1.25 bits per heavy atom. The predicted octanol–water partition coefficient (Wildman–Crippen LogP) is 3.01. The second-order valence-corrected chi connectivity index (χ2v) is 5.19. The van der Waals surface area contributed by atoms with Gasteiger partial charge in [0.15, 0.2) is 0 Å². The van der Waals surface area contributed by atoms with Crippen LogP contribution < -0.4 is 15.8 Å². The Balaban J connectivity index is 1.85. The smallest absolute Gasteiger partial charge is 0.234 e. The molecule has 20 heavy (non-hydrogen) atoms. The van der Waals surface area contributed by atoms with Crippen LogP contribution in [0.1, 0.15) is 0 Å². The SMILES string of the molecule is COc1ccc(SCC(=O)Nc2cccc(N)c2)cc1. The van der Waals surface area contributed by atoms with Gasteiger partial charge in [0.2, 0.25) is 5.91 Å². The number of hydrogen-bond acceptors (Lipinski definition) is 4. The topological polar surface area (TPSA) is 64.3 Å². The highest BCUT2D eigenvalue weighted by Crippen LogP contribution is 2.21. The minimum atomic E-state index is -0.0589. The van der Waals surface area contributed by atoms with Crippen molar-refractivity contribution in [2.75, 3.05) is 23.9 Å². The van der Waals surface area contributed by atoms with Crippen molar-refractivity contribution in [1.29, 1.82) is 0 Å². The molecule has 0 aromatic heterocycles. The van der Waals surface area contributed by atoms with Crippen LogP contribution in [0.25, 0.3) is 0 Å². The second kappa shape index (κ2) is 6.86. The van der Waals surface area contributed by atoms with E-state index in [1.165, 1.54) is 11.8 Å². The van der Waals surface area contributed by atoms with E-state index in [1.54, 1.807) is 19.2 Å². The Morgan fingerprint density at radius 2 is 2.00 bits per heavy atom. The molecule has 5 heteroatoms. The number of thioether (sulfide) groups is 1. The molecule has 0 bridgehead atoms. The monoisotopic (exact) mass is 288 g/mol. The number of carbonyl (C=O) groups is 1. The number of methoxy groups -OCH3 is 1. The normalized spacial score (nSPS) is 10.1. The van der Waals surface area contributed by atoms with E-state index in [9.17, 15) is 4.79 Å². The van der Waals surface area contributed by atoms with E-state index in [-0.39, 0.29) is 5.91 Å². The molecule has 0 fully saturated rings. The standard InChI is InChI=1S/C15H16N2O2S/c1-19-13-5-7-14(8-6-13)20-10-15(18)17-12-4-2-3-11(16)9-12/h2-9H,10,16H2,1H3,(H,17,18). The third-order valence-electron chi connectivity index (χ3n) is 2.60. The lowest BCUT2D eigenvalue weighted by molar-refractivity contribution is -0.113. The van der Waals surface area contributed by atoms with Crippen molar-refractivity contribution in [3.05, 3.63) is 48.5 Å². The van der Waals surface area contributed by atoms with E-state index >= 15 is 0 Å². The summed E-state index contributed by atoms with van der Waals surface area (Å²) in [6, 6.07) is 14.7. The molecular formula is C15H16N2O2S. The number of nitrogens with one attached hydrogen (secondary N) is 1. The van der Waals surface area contributed by atoms with Crippen molar-refractivity contribution < 1.29 is 9.53 Å². The molecule has 0 saturated carbocycles. The molecule has 0 spiro atoms. The summed E-state index contributed by atoms with van der Waals surface area (Å²) in [4.78, 5) is 12.8. The lowest BCUT2D eigenvalue weighted by Crippen LogP contribution is -2.14. The molecule has 0 aliphatic carbocycles. The van der Waals surface area contributed by atoms with Gasteiger partial charge in [-0.15, -0.1) is 11.8 Å². The third-order valence-corrected chi connectivity index (χ3v) is 3.61. The summed E-state index contributed by atoms with van der Waals surface area (Å²) in [6.45, 7) is 0. The maximum atomic E-state index is 11.8. The van der Waals surface area contributed by atoms with Crippen molar-refractivity contribution in [2.24, 2.45) is 0 Å². The molecule has 3 N–H and O–H groups in total. The Hall–Kier alpha value is -2.14. The molecule has 2 aromatic rings. The molecule has 2 rings (SSSR count). The van der Waals surface area contributed by atoms with Crippen LogP contribution in [0.15, 0.2) is 53.4 Å². The molecule has 0 unspecified atom stereocenters. The fraction of sp³-hybridized carbons (Fsp3) is 0.133. The molecule has 0 radical (unpaired) electrons. The van der Waals surface area contributed by atoms with Gasteiger partial charge in [-0.1, -0.05) is 6.07 Å². The number of nitrogens with two attached hydrogens (primary N) is 1. The van der Waals surface area contributed by atoms with Crippen LogP contribution in [0.5, 0.6) is 5.75 Å². The van der Waals surface area contributed by atoms with Crippen molar-refractivity contribution in [3.8, 4) is 5.75 Å². The molecule has 2 aromatic carbocycles. The van der Waals surface area contributed by atoms with Crippen LogP contribution in [0, 0.1) is 0 Å². The van der Waals surface area contributed by atoms with Crippen molar-refractivity contribution in [3.63, 3.8) is 0 Å². The van der Waals surface area contributed by atoms with E-state index in [2.05, 4.69) is 5.32 Å². The zero-order valence-corrected chi connectivity index (χ0v) is 11.9. The molecular weight excluding hydrogens is 272 g/mol. The van der Waals surface area contributed by atoms with Crippen molar-refractivity contribution in [1.82, 2.24) is 0 Å². The van der Waals surface area contributed by atoms with Gasteiger partial charge in [-0.05, 0) is 42.5 Å². The van der Waals surface area contributed by atoms with E-state index in [0.29, 0.717) is 17.1 Å². The van der Waals surface area contributed by atoms with Gasteiger partial charge in [0, 0.05) is 16.3 Å². The molecule has 0 aliphatic rings. The van der Waals surface area contributed by atoms with Crippen LogP contribution in [0.4, 0.5) is 11.4 Å². The Labute approximate surface area is 122 Å². The number of carbonyl (C=O) groups excluding carboxylic acids is 1. The molecule has 0 heterocycles. The Kier molecular flexibility index (Phi) is 4.90. The number of nitrogen functional groups attached to an aromatic ring is 1. The number of ether oxygens (including phenoxy) is 1.